The number of ether oxygens (including phenoxy) is 1. The maximum Gasteiger partial charge on any atom is 0.573 e. The number of alkyl halides is 3. The van der Waals surface area contributed by atoms with Gasteiger partial charge in [0.2, 0.25) is 5.91 Å². The van der Waals surface area contributed by atoms with Crippen LogP contribution in [0, 0.1) is 0 Å². The third kappa shape index (κ3) is 4.46. The lowest BCUT2D eigenvalue weighted by Crippen LogP contribution is -2.55. The van der Waals surface area contributed by atoms with Crippen LogP contribution in [0.25, 0.3) is 0 Å². The molecule has 2 heterocycles. The second-order valence-corrected chi connectivity index (χ2v) is 16.3. The Labute approximate surface area is 203 Å². The molecule has 3 aliphatic rings. The molecule has 0 bridgehead atoms. The Kier molecular flexibility index (Phi) is 6.06. The zero-order valence-corrected chi connectivity index (χ0v) is 21.6. The van der Waals surface area contributed by atoms with Gasteiger partial charge in [-0.1, -0.05) is 38.2 Å². The fraction of sp³-hybridized carbons (Fsp3) is 0.542. The lowest BCUT2D eigenvalue weighted by atomic mass is 9.83. The molecule has 1 aromatic carbocycles. The lowest BCUT2D eigenvalue weighted by molar-refractivity contribution is -0.274. The summed E-state index contributed by atoms with van der Waals surface area (Å²) < 4.78 is 42.4. The van der Waals surface area contributed by atoms with E-state index in [4.69, 9.17) is 0 Å². The van der Waals surface area contributed by atoms with Crippen molar-refractivity contribution in [2.75, 3.05) is 18.4 Å². The minimum Gasteiger partial charge on any atom is -0.404 e. The van der Waals surface area contributed by atoms with Gasteiger partial charge in [0.15, 0.2) is 5.75 Å². The maximum absolute atomic E-state index is 13.3. The van der Waals surface area contributed by atoms with Gasteiger partial charge >= 0.3 is 12.4 Å². The molecule has 1 aliphatic carbocycles. The Morgan fingerprint density at radius 3 is 2.34 bits per heavy atom. The van der Waals surface area contributed by atoms with Crippen molar-refractivity contribution >= 4 is 31.5 Å². The number of carbonyl (C=O) groups is 2. The molecule has 1 aromatic rings. The van der Waals surface area contributed by atoms with Crippen LogP contribution >= 0.6 is 0 Å². The first-order valence-corrected chi connectivity index (χ1v) is 15.2. The molecule has 1 saturated carbocycles. The Morgan fingerprint density at radius 2 is 1.77 bits per heavy atom. The molecule has 0 atom stereocenters. The third-order valence-electron chi connectivity index (χ3n) is 7.68. The number of aliphatic imine (C=N–C) groups is 1. The normalized spacial score (nSPS) is 20.7. The molecule has 0 spiro atoms. The van der Waals surface area contributed by atoms with Crippen molar-refractivity contribution in [3.05, 3.63) is 35.4 Å². The van der Waals surface area contributed by atoms with E-state index >= 15 is 0 Å². The van der Waals surface area contributed by atoms with Gasteiger partial charge < -0.3 is 20.3 Å². The first-order chi connectivity index (χ1) is 16.2. The van der Waals surface area contributed by atoms with Crippen LogP contribution in [0.15, 0.2) is 40.4 Å². The highest BCUT2D eigenvalue weighted by atomic mass is 28.3. The predicted molar refractivity (Wildman–Crippen MR) is 130 cm³/mol. The minimum atomic E-state index is -4.88. The van der Waals surface area contributed by atoms with Crippen molar-refractivity contribution in [3.63, 3.8) is 0 Å². The smallest absolute Gasteiger partial charge is 0.404 e. The van der Waals surface area contributed by atoms with Gasteiger partial charge in [0.05, 0.1) is 32.4 Å². The Balaban J connectivity index is 1.50. The van der Waals surface area contributed by atoms with E-state index in [0.717, 1.165) is 36.5 Å². The molecule has 0 saturated heterocycles. The number of amides is 3. The highest BCUT2D eigenvalue weighted by Gasteiger charge is 2.54. The minimum absolute atomic E-state index is 0.00866. The van der Waals surface area contributed by atoms with Crippen LogP contribution in [0.5, 0.6) is 5.75 Å². The highest BCUT2D eigenvalue weighted by Crippen LogP contribution is 2.55. The summed E-state index contributed by atoms with van der Waals surface area (Å²) >= 11 is 0. The second kappa shape index (κ2) is 8.39. The van der Waals surface area contributed by atoms with Crippen molar-refractivity contribution < 1.29 is 27.5 Å². The molecule has 3 amide bonds. The number of nitrogens with zero attached hydrogens (tertiary/aromatic N) is 2. The number of anilines is 1. The van der Waals surface area contributed by atoms with E-state index in [0.29, 0.717) is 12.4 Å². The number of benzene rings is 1. The van der Waals surface area contributed by atoms with E-state index in [1.54, 1.807) is 4.90 Å². The topological polar surface area (TPSA) is 83.0 Å². The van der Waals surface area contributed by atoms with Crippen LogP contribution in [0.2, 0.25) is 24.7 Å². The summed E-state index contributed by atoms with van der Waals surface area (Å²) in [6.07, 6.45) is -2.08. The quantitative estimate of drug-likeness (QED) is 0.542. The summed E-state index contributed by atoms with van der Waals surface area (Å²) in [5.74, 6) is 0.0190. The molecule has 11 heteroatoms. The number of carbonyl (C=O) groups excluding carboxylic acids is 2. The molecule has 0 radical (unpaired) electrons. The van der Waals surface area contributed by atoms with Crippen LogP contribution in [-0.2, 0) is 4.79 Å². The van der Waals surface area contributed by atoms with Gasteiger partial charge in [0, 0.05) is 10.6 Å². The predicted octanol–water partition coefficient (Wildman–Crippen LogP) is 5.30. The Morgan fingerprint density at radius 1 is 1.11 bits per heavy atom. The molecular formula is C24H31F3N4O3Si. The molecule has 0 aromatic heterocycles. The van der Waals surface area contributed by atoms with Gasteiger partial charge in [-0.3, -0.25) is 9.79 Å². The number of halogens is 3. The number of nitrogens with one attached hydrogen (secondary N) is 2. The standard InChI is InChI=1S/C24H31F3N4O3Si/c1-22(2)16-13-28-19(30-20(32)23(11-8-12-23)35(3,4)5)15(16)14-31(22)21(33)29-17-9-6-7-10-18(17)34-24(25,26)27/h6-7,9-10H,8,11-14H2,1-5H3,(H,29,33)(H,28,30,32). The average molecular weight is 509 g/mol. The summed E-state index contributed by atoms with van der Waals surface area (Å²) in [6.45, 7) is 10.9. The summed E-state index contributed by atoms with van der Waals surface area (Å²) in [5.41, 5.74) is 0.895. The van der Waals surface area contributed by atoms with Crippen molar-refractivity contribution in [2.45, 2.75) is 69.7 Å². The van der Waals surface area contributed by atoms with Crippen molar-refractivity contribution in [1.82, 2.24) is 10.2 Å². The molecule has 190 valence electrons. The largest absolute Gasteiger partial charge is 0.573 e. The number of para-hydroxylation sites is 2. The van der Waals surface area contributed by atoms with Crippen LogP contribution in [0.3, 0.4) is 0 Å². The van der Waals surface area contributed by atoms with Gasteiger partial charge in [0.1, 0.15) is 5.84 Å². The molecule has 0 unspecified atom stereocenters. The van der Waals surface area contributed by atoms with Gasteiger partial charge in [-0.25, -0.2) is 4.79 Å². The van der Waals surface area contributed by atoms with Crippen molar-refractivity contribution in [2.24, 2.45) is 4.99 Å². The van der Waals surface area contributed by atoms with E-state index < -0.39 is 31.8 Å². The monoisotopic (exact) mass is 508 g/mol. The van der Waals surface area contributed by atoms with E-state index in [2.05, 4.69) is 40.0 Å². The first kappa shape index (κ1) is 25.3. The Bertz CT molecular complexity index is 1120. The van der Waals surface area contributed by atoms with E-state index in [1.165, 1.54) is 18.2 Å². The number of hydrogen-bond donors (Lipinski definition) is 2. The van der Waals surface area contributed by atoms with Crippen molar-refractivity contribution in [3.8, 4) is 5.75 Å². The third-order valence-corrected chi connectivity index (χ3v) is 11.3. The Hall–Kier alpha value is -2.82. The first-order valence-electron chi connectivity index (χ1n) is 11.7. The summed E-state index contributed by atoms with van der Waals surface area (Å²) in [7, 11) is -1.77. The fourth-order valence-corrected chi connectivity index (χ4v) is 7.82. The zero-order valence-electron chi connectivity index (χ0n) is 20.6. The SMILES string of the molecule is CC1(C)C2=C(CN1C(=O)Nc1ccccc1OC(F)(F)F)C(NC(=O)C1([Si](C)(C)C)CCC1)=NC2. The van der Waals surface area contributed by atoms with Crippen molar-refractivity contribution in [1.29, 1.82) is 0 Å². The van der Waals surface area contributed by atoms with Crippen LogP contribution in [0.4, 0.5) is 23.7 Å². The number of rotatable bonds is 4. The zero-order chi connectivity index (χ0) is 25.8. The average Bonchev–Trinajstić information content (AvgIpc) is 3.18. The number of urea groups is 1. The maximum atomic E-state index is 13.3. The highest BCUT2D eigenvalue weighted by molar-refractivity contribution is 6.82. The number of hydrogen-bond acceptors (Lipinski definition) is 4. The summed E-state index contributed by atoms with van der Waals surface area (Å²) in [6, 6.07) is 4.84. The summed E-state index contributed by atoms with van der Waals surface area (Å²) in [5, 5.41) is 5.30. The van der Waals surface area contributed by atoms with Crippen LogP contribution < -0.4 is 15.4 Å². The molecule has 35 heavy (non-hydrogen) atoms. The molecule has 4 rings (SSSR count). The molecule has 2 aliphatic heterocycles. The van der Waals surface area contributed by atoms with E-state index in [1.807, 2.05) is 13.8 Å². The van der Waals surface area contributed by atoms with Crippen LogP contribution in [-0.4, -0.2) is 55.7 Å². The molecular weight excluding hydrogens is 477 g/mol. The van der Waals surface area contributed by atoms with Gasteiger partial charge in [-0.2, -0.15) is 0 Å². The molecule has 2 N–H and O–H groups in total. The fourth-order valence-electron chi connectivity index (χ4n) is 5.23. The number of amidine groups is 1. The summed E-state index contributed by atoms with van der Waals surface area (Å²) in [4.78, 5) is 32.6. The van der Waals surface area contributed by atoms with Crippen LogP contribution in [0.1, 0.15) is 33.1 Å². The van der Waals surface area contributed by atoms with Gasteiger partial charge in [-0.15, -0.1) is 13.2 Å². The van der Waals surface area contributed by atoms with E-state index in [-0.39, 0.29) is 23.2 Å². The molecule has 1 fully saturated rings. The molecule has 7 nitrogen and oxygen atoms in total. The van der Waals surface area contributed by atoms with Gasteiger partial charge in [-0.05, 0) is 44.4 Å². The lowest BCUT2D eigenvalue weighted by Gasteiger charge is -2.49. The second-order valence-electron chi connectivity index (χ2n) is 10.9. The van der Waals surface area contributed by atoms with E-state index in [9.17, 15) is 22.8 Å². The van der Waals surface area contributed by atoms with Gasteiger partial charge in [0.25, 0.3) is 0 Å².